The Bertz CT molecular complexity index is 854. The molecule has 1 unspecified atom stereocenters. The molecule has 2 aromatic rings. The van der Waals surface area contributed by atoms with Crippen LogP contribution in [-0.2, 0) is 10.3 Å². The molecule has 0 bridgehead atoms. The second kappa shape index (κ2) is 5.85. The first-order valence-corrected chi connectivity index (χ1v) is 7.79. The van der Waals surface area contributed by atoms with Crippen molar-refractivity contribution in [3.05, 3.63) is 39.5 Å². The molecule has 2 aliphatic heterocycles. The number of hydrogen-bond donors (Lipinski definition) is 0. The lowest BCUT2D eigenvalue weighted by Gasteiger charge is -2.17. The molecule has 9 nitrogen and oxygen atoms in total. The fourth-order valence-electron chi connectivity index (χ4n) is 2.87. The quantitative estimate of drug-likeness (QED) is 0.614. The van der Waals surface area contributed by atoms with E-state index in [4.69, 9.17) is 18.7 Å². The summed E-state index contributed by atoms with van der Waals surface area (Å²) in [6.07, 6.45) is 4.83. The molecule has 0 N–H and O–H groups in total. The number of nitro groups is 1. The molecule has 0 saturated carbocycles. The number of fused-ring (bicyclic) bond motifs is 1. The molecule has 4 rings (SSSR count). The van der Waals surface area contributed by atoms with Gasteiger partial charge in [0.15, 0.2) is 11.5 Å². The molecule has 1 aromatic heterocycles. The Balaban J connectivity index is 1.62. The third-order valence-electron chi connectivity index (χ3n) is 4.26. The van der Waals surface area contributed by atoms with Gasteiger partial charge in [0.25, 0.3) is 11.6 Å². The molecule has 0 radical (unpaired) electrons. The zero-order valence-electron chi connectivity index (χ0n) is 13.4. The van der Waals surface area contributed by atoms with Crippen LogP contribution in [-0.4, -0.2) is 28.5 Å². The Morgan fingerprint density at radius 2 is 2.08 bits per heavy atom. The minimum Gasteiger partial charge on any atom is -0.454 e. The van der Waals surface area contributed by atoms with Crippen LogP contribution in [0.3, 0.4) is 0 Å². The van der Waals surface area contributed by atoms with Crippen LogP contribution in [0.4, 0.5) is 5.69 Å². The van der Waals surface area contributed by atoms with Crippen molar-refractivity contribution in [1.29, 1.82) is 0 Å². The van der Waals surface area contributed by atoms with Gasteiger partial charge in [-0.05, 0) is 31.9 Å². The number of benzene rings is 1. The largest absolute Gasteiger partial charge is 0.454 e. The van der Waals surface area contributed by atoms with E-state index in [1.807, 2.05) is 6.92 Å². The van der Waals surface area contributed by atoms with E-state index in [0.29, 0.717) is 29.5 Å². The Hall–Kier alpha value is -2.94. The van der Waals surface area contributed by atoms with E-state index in [-0.39, 0.29) is 18.4 Å². The van der Waals surface area contributed by atoms with E-state index in [2.05, 4.69) is 10.1 Å². The van der Waals surface area contributed by atoms with E-state index >= 15 is 0 Å². The smallest absolute Gasteiger partial charge is 0.280 e. The lowest BCUT2D eigenvalue weighted by atomic mass is 10.0. The van der Waals surface area contributed by atoms with Crippen molar-refractivity contribution in [3.8, 4) is 11.5 Å². The SMILES string of the molecule is CC1(c2noc(/C=C/c3cc4c(cc3[N+](=O)[O-])OCO4)n2)CCCO1. The van der Waals surface area contributed by atoms with Crippen molar-refractivity contribution >= 4 is 17.8 Å². The lowest BCUT2D eigenvalue weighted by molar-refractivity contribution is -0.385. The second-order valence-corrected chi connectivity index (χ2v) is 5.99. The van der Waals surface area contributed by atoms with Gasteiger partial charge < -0.3 is 18.7 Å². The summed E-state index contributed by atoms with van der Waals surface area (Å²) in [6, 6.07) is 2.89. The summed E-state index contributed by atoms with van der Waals surface area (Å²) in [4.78, 5) is 15.1. The van der Waals surface area contributed by atoms with Crippen molar-refractivity contribution < 1.29 is 23.7 Å². The first kappa shape index (κ1) is 15.6. The maximum absolute atomic E-state index is 11.3. The van der Waals surface area contributed by atoms with Crippen LogP contribution < -0.4 is 9.47 Å². The monoisotopic (exact) mass is 345 g/mol. The van der Waals surface area contributed by atoms with Crippen LogP contribution in [0, 0.1) is 10.1 Å². The van der Waals surface area contributed by atoms with Crippen molar-refractivity contribution in [2.75, 3.05) is 13.4 Å². The highest BCUT2D eigenvalue weighted by Crippen LogP contribution is 2.38. The average molecular weight is 345 g/mol. The number of nitro benzene ring substituents is 1. The molecule has 0 spiro atoms. The Kier molecular flexibility index (Phi) is 3.65. The zero-order chi connectivity index (χ0) is 17.4. The standard InChI is InChI=1S/C16H15N3O6/c1-16(5-2-6-24-16)15-17-14(25-18-15)4-3-10-7-12-13(23-9-22-12)8-11(10)19(20)21/h3-4,7-8H,2,5-6,9H2,1H3/b4-3+. The molecule has 1 atom stereocenters. The molecule has 9 heteroatoms. The van der Waals surface area contributed by atoms with Gasteiger partial charge in [-0.1, -0.05) is 5.16 Å². The highest BCUT2D eigenvalue weighted by atomic mass is 16.7. The fraction of sp³-hybridized carbons (Fsp3) is 0.375. The summed E-state index contributed by atoms with van der Waals surface area (Å²) in [7, 11) is 0. The van der Waals surface area contributed by atoms with Crippen LogP contribution in [0.25, 0.3) is 12.2 Å². The number of aromatic nitrogens is 2. The molecule has 0 amide bonds. The van der Waals surface area contributed by atoms with Gasteiger partial charge in [-0.3, -0.25) is 10.1 Å². The van der Waals surface area contributed by atoms with Crippen LogP contribution in [0.15, 0.2) is 16.7 Å². The first-order valence-electron chi connectivity index (χ1n) is 7.79. The first-order chi connectivity index (χ1) is 12.0. The maximum Gasteiger partial charge on any atom is 0.280 e. The van der Waals surface area contributed by atoms with E-state index in [0.717, 1.165) is 12.8 Å². The molecule has 25 heavy (non-hydrogen) atoms. The van der Waals surface area contributed by atoms with E-state index < -0.39 is 10.5 Å². The van der Waals surface area contributed by atoms with E-state index in [1.54, 1.807) is 6.07 Å². The molecule has 1 fully saturated rings. The van der Waals surface area contributed by atoms with Crippen LogP contribution in [0.5, 0.6) is 11.5 Å². The molecular weight excluding hydrogens is 330 g/mol. The molecule has 130 valence electrons. The molecule has 1 aromatic carbocycles. The maximum atomic E-state index is 11.3. The summed E-state index contributed by atoms with van der Waals surface area (Å²) in [5.74, 6) is 1.54. The average Bonchev–Trinajstić information content (AvgIpc) is 3.32. The van der Waals surface area contributed by atoms with Gasteiger partial charge in [-0.25, -0.2) is 0 Å². The number of nitrogens with zero attached hydrogens (tertiary/aromatic N) is 3. The number of rotatable bonds is 4. The fourth-order valence-corrected chi connectivity index (χ4v) is 2.87. The zero-order valence-corrected chi connectivity index (χ0v) is 13.4. The summed E-state index contributed by atoms with van der Waals surface area (Å²) >= 11 is 0. The van der Waals surface area contributed by atoms with Crippen LogP contribution in [0.2, 0.25) is 0 Å². The van der Waals surface area contributed by atoms with E-state index in [9.17, 15) is 10.1 Å². The van der Waals surface area contributed by atoms with Gasteiger partial charge in [-0.15, -0.1) is 0 Å². The second-order valence-electron chi connectivity index (χ2n) is 5.99. The molecule has 1 saturated heterocycles. The lowest BCUT2D eigenvalue weighted by Crippen LogP contribution is -2.21. The van der Waals surface area contributed by atoms with Crippen molar-refractivity contribution in [1.82, 2.24) is 10.1 Å². The Morgan fingerprint density at radius 1 is 1.28 bits per heavy atom. The predicted molar refractivity (Wildman–Crippen MR) is 85.0 cm³/mol. The third-order valence-corrected chi connectivity index (χ3v) is 4.26. The summed E-state index contributed by atoms with van der Waals surface area (Å²) < 4.78 is 21.3. The normalized spacial score (nSPS) is 22.0. The molecule has 2 aliphatic rings. The summed E-state index contributed by atoms with van der Waals surface area (Å²) in [6.45, 7) is 2.63. The summed E-state index contributed by atoms with van der Waals surface area (Å²) in [5, 5.41) is 15.2. The number of ether oxygens (including phenoxy) is 3. The van der Waals surface area contributed by atoms with Crippen LogP contribution >= 0.6 is 0 Å². The predicted octanol–water partition coefficient (Wildman–Crippen LogP) is 2.90. The molecular formula is C16H15N3O6. The summed E-state index contributed by atoms with van der Waals surface area (Å²) in [5.41, 5.74) is -0.274. The van der Waals surface area contributed by atoms with Gasteiger partial charge >= 0.3 is 0 Å². The van der Waals surface area contributed by atoms with Crippen molar-refractivity contribution in [2.24, 2.45) is 0 Å². The van der Waals surface area contributed by atoms with E-state index in [1.165, 1.54) is 18.2 Å². The Labute approximate surface area is 142 Å². The third kappa shape index (κ3) is 2.82. The topological polar surface area (TPSA) is 110 Å². The van der Waals surface area contributed by atoms with Gasteiger partial charge in [0.2, 0.25) is 12.6 Å². The van der Waals surface area contributed by atoms with Gasteiger partial charge in [0, 0.05) is 12.7 Å². The number of hydrogen-bond acceptors (Lipinski definition) is 8. The highest BCUT2D eigenvalue weighted by Gasteiger charge is 2.36. The van der Waals surface area contributed by atoms with Gasteiger partial charge in [0.1, 0.15) is 5.60 Å². The van der Waals surface area contributed by atoms with Crippen molar-refractivity contribution in [2.45, 2.75) is 25.4 Å². The van der Waals surface area contributed by atoms with Crippen LogP contribution in [0.1, 0.15) is 37.0 Å². The minimum absolute atomic E-state index is 0.0469. The molecule has 3 heterocycles. The van der Waals surface area contributed by atoms with Gasteiger partial charge in [-0.2, -0.15) is 4.98 Å². The highest BCUT2D eigenvalue weighted by molar-refractivity contribution is 5.74. The Morgan fingerprint density at radius 3 is 2.80 bits per heavy atom. The minimum atomic E-state index is -0.541. The molecule has 0 aliphatic carbocycles. The van der Waals surface area contributed by atoms with Gasteiger partial charge in [0.05, 0.1) is 16.6 Å². The van der Waals surface area contributed by atoms with Crippen molar-refractivity contribution in [3.63, 3.8) is 0 Å².